The first-order chi connectivity index (χ1) is 10.2. The van der Waals surface area contributed by atoms with Gasteiger partial charge in [-0.1, -0.05) is 19.1 Å². The molecule has 5 nitrogen and oxygen atoms in total. The van der Waals surface area contributed by atoms with Crippen LogP contribution in [0.2, 0.25) is 0 Å². The topological polar surface area (TPSA) is 81.4 Å². The lowest BCUT2D eigenvalue weighted by molar-refractivity contribution is -0.159. The summed E-state index contributed by atoms with van der Waals surface area (Å²) in [6.07, 6.45) is 0. The summed E-state index contributed by atoms with van der Waals surface area (Å²) >= 11 is 1.44. The molecule has 0 saturated carbocycles. The molecule has 22 heavy (non-hydrogen) atoms. The van der Waals surface area contributed by atoms with Gasteiger partial charge >= 0.3 is 5.97 Å². The number of ether oxygens (including phenoxy) is 1. The van der Waals surface area contributed by atoms with E-state index >= 15 is 0 Å². The average Bonchev–Trinajstić information content (AvgIpc) is 2.54. The van der Waals surface area contributed by atoms with Crippen molar-refractivity contribution < 1.29 is 14.3 Å². The number of amides is 1. The Balaban J connectivity index is 2.25. The van der Waals surface area contributed by atoms with Crippen LogP contribution in [0.1, 0.15) is 27.7 Å². The van der Waals surface area contributed by atoms with Crippen molar-refractivity contribution in [1.82, 2.24) is 0 Å². The molecular formula is C16H22N2O3S. The summed E-state index contributed by atoms with van der Waals surface area (Å²) < 4.78 is 5.43. The molecule has 2 unspecified atom stereocenters. The molecule has 0 aromatic heterocycles. The van der Waals surface area contributed by atoms with E-state index < -0.39 is 17.6 Å². The summed E-state index contributed by atoms with van der Waals surface area (Å²) in [4.78, 5) is 25.4. The van der Waals surface area contributed by atoms with Crippen molar-refractivity contribution in [1.29, 1.82) is 0 Å². The molecule has 6 heteroatoms. The second kappa shape index (κ2) is 6.30. The van der Waals surface area contributed by atoms with E-state index in [0.717, 1.165) is 10.6 Å². The van der Waals surface area contributed by atoms with Gasteiger partial charge in [-0.2, -0.15) is 0 Å². The molecule has 0 saturated heterocycles. The number of carbonyl (C=O) groups excluding carboxylic acids is 2. The summed E-state index contributed by atoms with van der Waals surface area (Å²) in [7, 11) is 0. The summed E-state index contributed by atoms with van der Waals surface area (Å²) in [5.41, 5.74) is 6.23. The highest BCUT2D eigenvalue weighted by Crippen LogP contribution is 2.38. The van der Waals surface area contributed by atoms with E-state index in [0.29, 0.717) is 0 Å². The van der Waals surface area contributed by atoms with Crippen molar-refractivity contribution in [2.45, 2.75) is 49.5 Å². The third-order valence-corrected chi connectivity index (χ3v) is 4.92. The Kier molecular flexibility index (Phi) is 4.82. The zero-order valence-corrected chi connectivity index (χ0v) is 14.1. The smallest absolute Gasteiger partial charge is 0.310 e. The first-order valence-electron chi connectivity index (χ1n) is 7.24. The van der Waals surface area contributed by atoms with Gasteiger partial charge in [0.2, 0.25) is 5.91 Å². The molecule has 1 amide bonds. The molecule has 1 aliphatic heterocycles. The highest BCUT2D eigenvalue weighted by atomic mass is 32.2. The first-order valence-corrected chi connectivity index (χ1v) is 8.12. The zero-order chi connectivity index (χ0) is 16.5. The molecule has 0 radical (unpaired) electrons. The quantitative estimate of drug-likeness (QED) is 0.817. The Morgan fingerprint density at radius 3 is 2.64 bits per heavy atom. The van der Waals surface area contributed by atoms with E-state index in [1.54, 1.807) is 6.92 Å². The Labute approximate surface area is 135 Å². The number of hydrogen-bond acceptors (Lipinski definition) is 5. The monoisotopic (exact) mass is 322 g/mol. The molecule has 0 bridgehead atoms. The fraction of sp³-hybridized carbons (Fsp3) is 0.500. The number of benzene rings is 1. The van der Waals surface area contributed by atoms with E-state index in [1.807, 2.05) is 45.0 Å². The molecular weight excluding hydrogens is 300 g/mol. The third-order valence-electron chi connectivity index (χ3n) is 3.34. The maximum absolute atomic E-state index is 12.3. The van der Waals surface area contributed by atoms with Gasteiger partial charge in [-0.3, -0.25) is 9.59 Å². The van der Waals surface area contributed by atoms with Gasteiger partial charge in [-0.25, -0.2) is 0 Å². The standard InChI is InChI=1S/C16H22N2O3S/c1-9(15(20)21-16(2,3)4)13-12(17)14(19)18-10-7-5-6-8-11(10)22-13/h5-9,12-13H,17H2,1-4H3,(H,18,19)/t9?,12-,13?/m0/s1. The van der Waals surface area contributed by atoms with Crippen molar-refractivity contribution in [3.8, 4) is 0 Å². The number of fused-ring (bicyclic) bond motifs is 1. The van der Waals surface area contributed by atoms with Crippen LogP contribution in [0.4, 0.5) is 5.69 Å². The van der Waals surface area contributed by atoms with Crippen LogP contribution >= 0.6 is 11.8 Å². The minimum absolute atomic E-state index is 0.280. The minimum Gasteiger partial charge on any atom is -0.460 e. The molecule has 1 aromatic carbocycles. The molecule has 0 spiro atoms. The number of anilines is 1. The van der Waals surface area contributed by atoms with Crippen LogP contribution < -0.4 is 11.1 Å². The molecule has 0 aliphatic carbocycles. The fourth-order valence-corrected chi connectivity index (χ4v) is 3.48. The van der Waals surface area contributed by atoms with Crippen molar-refractivity contribution >= 4 is 29.3 Å². The Morgan fingerprint density at radius 2 is 2.00 bits per heavy atom. The van der Waals surface area contributed by atoms with Gasteiger partial charge in [0.15, 0.2) is 0 Å². The van der Waals surface area contributed by atoms with Crippen molar-refractivity contribution in [3.63, 3.8) is 0 Å². The van der Waals surface area contributed by atoms with Gasteiger partial charge in [0.1, 0.15) is 5.60 Å². The summed E-state index contributed by atoms with van der Waals surface area (Å²) in [5.74, 6) is -1.11. The number of hydrogen-bond donors (Lipinski definition) is 2. The second-order valence-electron chi connectivity index (χ2n) is 6.42. The lowest BCUT2D eigenvalue weighted by atomic mass is 10.0. The molecule has 1 aromatic rings. The first kappa shape index (κ1) is 16.8. The summed E-state index contributed by atoms with van der Waals surface area (Å²) in [6, 6.07) is 6.70. The molecule has 1 aliphatic rings. The van der Waals surface area contributed by atoms with Crippen LogP contribution in [0.25, 0.3) is 0 Å². The summed E-state index contributed by atoms with van der Waals surface area (Å²) in [5, 5.41) is 2.43. The number of para-hydroxylation sites is 1. The van der Waals surface area contributed by atoms with Crippen molar-refractivity contribution in [3.05, 3.63) is 24.3 Å². The number of rotatable bonds is 2. The van der Waals surface area contributed by atoms with Gasteiger partial charge < -0.3 is 15.8 Å². The number of esters is 1. The minimum atomic E-state index is -0.778. The number of nitrogens with one attached hydrogen (secondary N) is 1. The van der Waals surface area contributed by atoms with Crippen molar-refractivity contribution in [2.24, 2.45) is 11.7 Å². The Bertz CT molecular complexity index is 583. The van der Waals surface area contributed by atoms with Crippen LogP contribution in [0.3, 0.4) is 0 Å². The SMILES string of the molecule is CC(C(=O)OC(C)(C)C)C1Sc2ccccc2NC(=O)[C@H]1N. The van der Waals surface area contributed by atoms with Crippen LogP contribution in [0.15, 0.2) is 29.2 Å². The highest BCUT2D eigenvalue weighted by Gasteiger charge is 2.38. The molecule has 0 fully saturated rings. The molecule has 2 rings (SSSR count). The predicted molar refractivity (Wildman–Crippen MR) is 87.7 cm³/mol. The highest BCUT2D eigenvalue weighted by molar-refractivity contribution is 8.00. The lowest BCUT2D eigenvalue weighted by Gasteiger charge is -2.28. The largest absolute Gasteiger partial charge is 0.460 e. The second-order valence-corrected chi connectivity index (χ2v) is 7.64. The van der Waals surface area contributed by atoms with Gasteiger partial charge in [0.05, 0.1) is 17.6 Å². The number of thioether (sulfide) groups is 1. The maximum atomic E-state index is 12.3. The van der Waals surface area contributed by atoms with E-state index in [1.165, 1.54) is 11.8 Å². The molecule has 1 heterocycles. The normalized spacial score (nSPS) is 23.0. The van der Waals surface area contributed by atoms with E-state index in [4.69, 9.17) is 10.5 Å². The van der Waals surface area contributed by atoms with Crippen LogP contribution in [0.5, 0.6) is 0 Å². The third kappa shape index (κ3) is 3.81. The van der Waals surface area contributed by atoms with Crippen LogP contribution in [0, 0.1) is 5.92 Å². The van der Waals surface area contributed by atoms with E-state index in [2.05, 4.69) is 5.32 Å². The number of nitrogens with two attached hydrogens (primary N) is 1. The number of carbonyl (C=O) groups is 2. The Hall–Kier alpha value is -1.53. The maximum Gasteiger partial charge on any atom is 0.310 e. The van der Waals surface area contributed by atoms with Gasteiger partial charge in [-0.05, 0) is 32.9 Å². The zero-order valence-electron chi connectivity index (χ0n) is 13.3. The molecule has 120 valence electrons. The average molecular weight is 322 g/mol. The van der Waals surface area contributed by atoms with Gasteiger partial charge in [0.25, 0.3) is 0 Å². The van der Waals surface area contributed by atoms with Gasteiger partial charge in [-0.15, -0.1) is 11.8 Å². The molecule has 3 atom stereocenters. The van der Waals surface area contributed by atoms with Gasteiger partial charge in [0, 0.05) is 10.1 Å². The van der Waals surface area contributed by atoms with E-state index in [-0.39, 0.29) is 17.1 Å². The van der Waals surface area contributed by atoms with Crippen molar-refractivity contribution in [2.75, 3.05) is 5.32 Å². The van der Waals surface area contributed by atoms with Crippen LogP contribution in [-0.4, -0.2) is 28.8 Å². The van der Waals surface area contributed by atoms with E-state index in [9.17, 15) is 9.59 Å². The van der Waals surface area contributed by atoms with Crippen LogP contribution in [-0.2, 0) is 14.3 Å². The fourth-order valence-electron chi connectivity index (χ4n) is 2.20. The summed E-state index contributed by atoms with van der Waals surface area (Å²) in [6.45, 7) is 7.21. The molecule has 3 N–H and O–H groups in total. The Morgan fingerprint density at radius 1 is 1.36 bits per heavy atom. The lowest BCUT2D eigenvalue weighted by Crippen LogP contribution is -2.47. The predicted octanol–water partition coefficient (Wildman–Crippen LogP) is 2.40.